The molecule has 0 radical (unpaired) electrons. The molecular weight excluding hydrogens is 250 g/mol. The van der Waals surface area contributed by atoms with Crippen LogP contribution in [0.4, 0.5) is 0 Å². The zero-order valence-corrected chi connectivity index (χ0v) is 13.2. The van der Waals surface area contributed by atoms with Crippen LogP contribution < -0.4 is 15.2 Å². The van der Waals surface area contributed by atoms with Gasteiger partial charge in [-0.1, -0.05) is 38.7 Å². The highest BCUT2D eigenvalue weighted by Crippen LogP contribution is 2.31. The normalized spacial score (nSPS) is 12.2. The van der Waals surface area contributed by atoms with E-state index < -0.39 is 0 Å². The van der Waals surface area contributed by atoms with E-state index in [1.54, 1.807) is 0 Å². The molecule has 0 saturated carbocycles. The first-order valence-corrected chi connectivity index (χ1v) is 7.88. The lowest BCUT2D eigenvalue weighted by molar-refractivity contribution is 0.287. The van der Waals surface area contributed by atoms with Crippen molar-refractivity contribution in [3.8, 4) is 11.5 Å². The van der Waals surface area contributed by atoms with Crippen molar-refractivity contribution in [1.29, 1.82) is 0 Å². The molecule has 0 saturated heterocycles. The minimum Gasteiger partial charge on any atom is -0.490 e. The summed E-state index contributed by atoms with van der Waals surface area (Å²) in [4.78, 5) is 0. The number of rotatable bonds is 10. The fraction of sp³-hybridized carbons (Fsp3) is 0.647. The van der Waals surface area contributed by atoms with Crippen LogP contribution in [0.3, 0.4) is 0 Å². The van der Waals surface area contributed by atoms with Crippen molar-refractivity contribution >= 4 is 0 Å². The van der Waals surface area contributed by atoms with E-state index in [1.807, 2.05) is 26.0 Å². The zero-order valence-electron chi connectivity index (χ0n) is 13.2. The fourth-order valence-electron chi connectivity index (χ4n) is 2.26. The monoisotopic (exact) mass is 279 g/mol. The van der Waals surface area contributed by atoms with Gasteiger partial charge in [-0.15, -0.1) is 0 Å². The second-order valence-corrected chi connectivity index (χ2v) is 5.03. The van der Waals surface area contributed by atoms with Crippen molar-refractivity contribution in [3.05, 3.63) is 23.8 Å². The van der Waals surface area contributed by atoms with Crippen molar-refractivity contribution in [1.82, 2.24) is 0 Å². The largest absolute Gasteiger partial charge is 0.490 e. The number of hydrogen-bond acceptors (Lipinski definition) is 3. The van der Waals surface area contributed by atoms with Crippen LogP contribution in [0.1, 0.15) is 64.5 Å². The number of ether oxygens (including phenoxy) is 2. The number of unbranched alkanes of at least 4 members (excludes halogenated alkanes) is 3. The first kappa shape index (κ1) is 16.8. The van der Waals surface area contributed by atoms with Gasteiger partial charge < -0.3 is 15.2 Å². The summed E-state index contributed by atoms with van der Waals surface area (Å²) in [5.41, 5.74) is 7.40. The summed E-state index contributed by atoms with van der Waals surface area (Å²) in [6.45, 7) is 7.45. The van der Waals surface area contributed by atoms with E-state index in [4.69, 9.17) is 15.2 Å². The molecule has 1 aromatic rings. The highest BCUT2D eigenvalue weighted by molar-refractivity contribution is 5.43. The molecule has 1 atom stereocenters. The van der Waals surface area contributed by atoms with Gasteiger partial charge in [-0.2, -0.15) is 0 Å². The van der Waals surface area contributed by atoms with E-state index in [1.165, 1.54) is 25.7 Å². The van der Waals surface area contributed by atoms with E-state index >= 15 is 0 Å². The Morgan fingerprint density at radius 3 is 2.30 bits per heavy atom. The summed E-state index contributed by atoms with van der Waals surface area (Å²) in [5.74, 6) is 1.60. The van der Waals surface area contributed by atoms with Crippen molar-refractivity contribution < 1.29 is 9.47 Å². The minimum atomic E-state index is 0.0849. The van der Waals surface area contributed by atoms with E-state index in [9.17, 15) is 0 Å². The quantitative estimate of drug-likeness (QED) is 0.643. The molecule has 0 spiro atoms. The van der Waals surface area contributed by atoms with Gasteiger partial charge in [-0.05, 0) is 38.0 Å². The number of nitrogens with two attached hydrogens (primary N) is 1. The smallest absolute Gasteiger partial charge is 0.161 e. The molecule has 3 nitrogen and oxygen atoms in total. The summed E-state index contributed by atoms with van der Waals surface area (Å²) in [7, 11) is 0. The van der Waals surface area contributed by atoms with Gasteiger partial charge in [0, 0.05) is 6.04 Å². The first-order valence-electron chi connectivity index (χ1n) is 7.88. The maximum atomic E-state index is 6.27. The Balaban J connectivity index is 2.66. The molecule has 1 unspecified atom stereocenters. The number of hydrogen-bond donors (Lipinski definition) is 1. The van der Waals surface area contributed by atoms with Crippen LogP contribution in [-0.2, 0) is 0 Å². The van der Waals surface area contributed by atoms with E-state index in [0.29, 0.717) is 13.2 Å². The molecule has 3 heteroatoms. The average Bonchev–Trinajstić information content (AvgIpc) is 2.45. The summed E-state index contributed by atoms with van der Waals surface area (Å²) in [5, 5.41) is 0. The summed E-state index contributed by atoms with van der Waals surface area (Å²) < 4.78 is 11.2. The van der Waals surface area contributed by atoms with E-state index in [0.717, 1.165) is 23.5 Å². The third-order valence-electron chi connectivity index (χ3n) is 3.36. The Bertz CT molecular complexity index is 379. The highest BCUT2D eigenvalue weighted by atomic mass is 16.5. The Labute approximate surface area is 123 Å². The van der Waals surface area contributed by atoms with Gasteiger partial charge >= 0.3 is 0 Å². The second-order valence-electron chi connectivity index (χ2n) is 5.03. The lowest BCUT2D eigenvalue weighted by atomic mass is 10.0. The molecule has 0 heterocycles. The van der Waals surface area contributed by atoms with Gasteiger partial charge in [0.25, 0.3) is 0 Å². The maximum Gasteiger partial charge on any atom is 0.161 e. The third-order valence-corrected chi connectivity index (χ3v) is 3.36. The highest BCUT2D eigenvalue weighted by Gasteiger charge is 2.11. The predicted octanol–water partition coefficient (Wildman–Crippen LogP) is 4.45. The zero-order chi connectivity index (χ0) is 14.8. The van der Waals surface area contributed by atoms with Crippen LogP contribution in [0.15, 0.2) is 18.2 Å². The van der Waals surface area contributed by atoms with Crippen LogP contribution in [-0.4, -0.2) is 13.2 Å². The Kier molecular flexibility index (Phi) is 8.12. The third kappa shape index (κ3) is 5.41. The predicted molar refractivity (Wildman–Crippen MR) is 84.5 cm³/mol. The van der Waals surface area contributed by atoms with Crippen LogP contribution in [0.5, 0.6) is 11.5 Å². The minimum absolute atomic E-state index is 0.0849. The van der Waals surface area contributed by atoms with Crippen molar-refractivity contribution in [2.45, 2.75) is 58.9 Å². The summed E-state index contributed by atoms with van der Waals surface area (Å²) in [6, 6.07) is 6.13. The van der Waals surface area contributed by atoms with Crippen LogP contribution >= 0.6 is 0 Å². The van der Waals surface area contributed by atoms with E-state index in [2.05, 4.69) is 13.0 Å². The van der Waals surface area contributed by atoms with Crippen LogP contribution in [0, 0.1) is 0 Å². The van der Waals surface area contributed by atoms with Gasteiger partial charge in [0.2, 0.25) is 0 Å². The summed E-state index contributed by atoms with van der Waals surface area (Å²) >= 11 is 0. The first-order chi connectivity index (χ1) is 9.72. The molecule has 1 aromatic carbocycles. The SMILES string of the molecule is CCCCCCC(N)c1ccc(OCC)c(OCC)c1. The molecular formula is C17H29NO2. The molecule has 0 aliphatic carbocycles. The maximum absolute atomic E-state index is 6.27. The molecule has 1 rings (SSSR count). The van der Waals surface area contributed by atoms with Gasteiger partial charge in [0.05, 0.1) is 13.2 Å². The lowest BCUT2D eigenvalue weighted by Crippen LogP contribution is -2.10. The standard InChI is InChI=1S/C17H29NO2/c1-4-7-8-9-10-15(18)14-11-12-16(19-5-2)17(13-14)20-6-3/h11-13,15H,4-10,18H2,1-3H3. The number of benzene rings is 1. The fourth-order valence-corrected chi connectivity index (χ4v) is 2.26. The van der Waals surface area contributed by atoms with Gasteiger partial charge in [-0.25, -0.2) is 0 Å². The lowest BCUT2D eigenvalue weighted by Gasteiger charge is -2.16. The molecule has 114 valence electrons. The molecule has 0 aliphatic heterocycles. The van der Waals surface area contributed by atoms with E-state index in [-0.39, 0.29) is 6.04 Å². The molecule has 20 heavy (non-hydrogen) atoms. The topological polar surface area (TPSA) is 44.5 Å². The molecule has 0 aliphatic rings. The Hall–Kier alpha value is -1.22. The Morgan fingerprint density at radius 2 is 1.65 bits per heavy atom. The van der Waals surface area contributed by atoms with Gasteiger partial charge in [0.1, 0.15) is 0 Å². The van der Waals surface area contributed by atoms with Crippen LogP contribution in [0.2, 0.25) is 0 Å². The molecule has 0 fully saturated rings. The Morgan fingerprint density at radius 1 is 0.950 bits per heavy atom. The van der Waals surface area contributed by atoms with Gasteiger partial charge in [-0.3, -0.25) is 0 Å². The van der Waals surface area contributed by atoms with Gasteiger partial charge in [0.15, 0.2) is 11.5 Å². The molecule has 2 N–H and O–H groups in total. The molecule has 0 aromatic heterocycles. The van der Waals surface area contributed by atoms with Crippen molar-refractivity contribution in [2.24, 2.45) is 5.73 Å². The second kappa shape index (κ2) is 9.65. The van der Waals surface area contributed by atoms with Crippen molar-refractivity contribution in [2.75, 3.05) is 13.2 Å². The van der Waals surface area contributed by atoms with Crippen LogP contribution in [0.25, 0.3) is 0 Å². The molecule has 0 amide bonds. The average molecular weight is 279 g/mol. The van der Waals surface area contributed by atoms with Crippen molar-refractivity contribution in [3.63, 3.8) is 0 Å². The summed E-state index contributed by atoms with van der Waals surface area (Å²) in [6.07, 6.45) is 6.03. The molecule has 0 bridgehead atoms.